The van der Waals surface area contributed by atoms with E-state index >= 15 is 0 Å². The first-order valence-electron chi connectivity index (χ1n) is 12.4. The van der Waals surface area contributed by atoms with Gasteiger partial charge in [0, 0.05) is 24.9 Å². The first kappa shape index (κ1) is 25.1. The van der Waals surface area contributed by atoms with Gasteiger partial charge in [0.2, 0.25) is 17.7 Å². The first-order valence-corrected chi connectivity index (χ1v) is 13.7. The van der Waals surface area contributed by atoms with Gasteiger partial charge in [0.05, 0.1) is 27.3 Å². The summed E-state index contributed by atoms with van der Waals surface area (Å²) < 4.78 is -0.652. The minimum Gasteiger partial charge on any atom is -0.396 e. The molecule has 2 aromatic rings. The normalized spacial score (nSPS) is 28.3. The number of aliphatic hydroxyl groups excluding tert-OH is 1. The van der Waals surface area contributed by atoms with E-state index in [2.05, 4.69) is 10.6 Å². The number of benzene rings is 2. The number of nitrogens with zero attached hydrogens (tertiary/aromatic N) is 1. The van der Waals surface area contributed by atoms with Gasteiger partial charge in [-0.05, 0) is 43.4 Å². The summed E-state index contributed by atoms with van der Waals surface area (Å²) in [6, 6.07) is 16.0. The van der Waals surface area contributed by atoms with Crippen molar-refractivity contribution in [1.29, 1.82) is 0 Å². The number of amides is 3. The molecule has 2 bridgehead atoms. The zero-order chi connectivity index (χ0) is 25.3. The van der Waals surface area contributed by atoms with Crippen LogP contribution >= 0.6 is 23.4 Å². The summed E-state index contributed by atoms with van der Waals surface area (Å²) in [6.45, 7) is 0.786. The molecular weight excluding hydrogens is 498 g/mol. The third-order valence-electron chi connectivity index (χ3n) is 7.60. The Morgan fingerprint density at radius 1 is 1.08 bits per heavy atom. The highest BCUT2D eigenvalue weighted by Crippen LogP contribution is 2.66. The van der Waals surface area contributed by atoms with Crippen molar-refractivity contribution < 1.29 is 19.5 Å². The smallest absolute Gasteiger partial charge is 0.248 e. The van der Waals surface area contributed by atoms with E-state index in [9.17, 15) is 19.5 Å². The van der Waals surface area contributed by atoms with Crippen LogP contribution in [0.1, 0.15) is 31.2 Å². The number of carbonyl (C=O) groups excluding carboxylic acids is 3. The highest BCUT2D eigenvalue weighted by molar-refractivity contribution is 8.02. The molecule has 5 rings (SSSR count). The van der Waals surface area contributed by atoms with Crippen LogP contribution < -0.4 is 10.6 Å². The van der Waals surface area contributed by atoms with Crippen LogP contribution in [-0.4, -0.2) is 56.9 Å². The summed E-state index contributed by atoms with van der Waals surface area (Å²) in [6.07, 6.45) is 2.62. The molecule has 0 aliphatic carbocycles. The Balaban J connectivity index is 1.41. The van der Waals surface area contributed by atoms with Crippen molar-refractivity contribution in [2.75, 3.05) is 18.5 Å². The lowest BCUT2D eigenvalue weighted by Gasteiger charge is -2.34. The Morgan fingerprint density at radius 3 is 2.58 bits per heavy atom. The number of hydrogen-bond acceptors (Lipinski definition) is 5. The number of anilines is 1. The van der Waals surface area contributed by atoms with Crippen molar-refractivity contribution in [2.45, 2.75) is 48.3 Å². The number of rotatable bonds is 9. The summed E-state index contributed by atoms with van der Waals surface area (Å²) in [4.78, 5) is 42.7. The Labute approximate surface area is 220 Å². The molecule has 2 aromatic carbocycles. The molecule has 190 valence electrons. The molecule has 3 amide bonds. The lowest BCUT2D eigenvalue weighted by Crippen LogP contribution is -2.51. The van der Waals surface area contributed by atoms with E-state index in [1.54, 1.807) is 40.9 Å². The van der Waals surface area contributed by atoms with Crippen molar-refractivity contribution >= 4 is 46.8 Å². The van der Waals surface area contributed by atoms with Crippen molar-refractivity contribution in [3.8, 4) is 0 Å². The van der Waals surface area contributed by atoms with Crippen LogP contribution in [0.3, 0.4) is 0 Å². The highest BCUT2D eigenvalue weighted by Gasteiger charge is 2.73. The van der Waals surface area contributed by atoms with Gasteiger partial charge in [-0.15, -0.1) is 11.8 Å². The van der Waals surface area contributed by atoms with Crippen LogP contribution in [0.5, 0.6) is 0 Å². The highest BCUT2D eigenvalue weighted by atomic mass is 35.5. The Kier molecular flexibility index (Phi) is 7.28. The van der Waals surface area contributed by atoms with Gasteiger partial charge in [-0.3, -0.25) is 14.4 Å². The standard InChI is InChI=1S/C27H30ClN3O4S/c28-18-10-4-5-11-19(18)30-25(34)23-27-13-12-20(36-27)21(22(27)26(35)31(23)14-6-7-15-32)24(33)29-16-17-8-2-1-3-9-17/h1-5,8-11,20-23,32H,6-7,12-16H2,(H,29,33)(H,30,34)/t20-,21+,22-,23?,27?/m0/s1. The van der Waals surface area contributed by atoms with Gasteiger partial charge < -0.3 is 20.6 Å². The van der Waals surface area contributed by atoms with Crippen molar-refractivity contribution in [3.05, 3.63) is 65.2 Å². The molecule has 5 atom stereocenters. The SMILES string of the molecule is O=C(Nc1ccccc1Cl)C1N(CCCCO)C(=O)[C@@H]2[C@H](C(=O)NCc3ccccc3)[C@@H]3CCC12S3. The number of likely N-dealkylation sites (tertiary alicyclic amines) is 1. The largest absolute Gasteiger partial charge is 0.396 e. The summed E-state index contributed by atoms with van der Waals surface area (Å²) in [5.74, 6) is -1.56. The molecule has 2 unspecified atom stereocenters. The molecule has 9 heteroatoms. The Hall–Kier alpha value is -2.55. The lowest BCUT2D eigenvalue weighted by molar-refractivity contribution is -0.139. The van der Waals surface area contributed by atoms with Crippen LogP contribution in [0, 0.1) is 11.8 Å². The average Bonchev–Trinajstić information content (AvgIpc) is 3.52. The van der Waals surface area contributed by atoms with Gasteiger partial charge in [0.15, 0.2) is 0 Å². The quantitative estimate of drug-likeness (QED) is 0.434. The minimum atomic E-state index is -0.702. The van der Waals surface area contributed by atoms with Crippen LogP contribution in [-0.2, 0) is 20.9 Å². The fourth-order valence-corrected chi connectivity index (χ4v) is 8.46. The molecule has 3 N–H and O–H groups in total. The van der Waals surface area contributed by atoms with E-state index in [0.29, 0.717) is 43.1 Å². The Morgan fingerprint density at radius 2 is 1.83 bits per heavy atom. The predicted molar refractivity (Wildman–Crippen MR) is 141 cm³/mol. The van der Waals surface area contributed by atoms with E-state index in [4.69, 9.17) is 11.6 Å². The van der Waals surface area contributed by atoms with Gasteiger partial charge >= 0.3 is 0 Å². The van der Waals surface area contributed by atoms with E-state index in [1.807, 2.05) is 30.3 Å². The summed E-state index contributed by atoms with van der Waals surface area (Å²) in [7, 11) is 0. The van der Waals surface area contributed by atoms with E-state index in [0.717, 1.165) is 12.0 Å². The van der Waals surface area contributed by atoms with Crippen LogP contribution in [0.25, 0.3) is 0 Å². The molecule has 0 aromatic heterocycles. The Bertz CT molecular complexity index is 1150. The number of aliphatic hydroxyl groups is 1. The van der Waals surface area contributed by atoms with Crippen LogP contribution in [0.2, 0.25) is 5.02 Å². The van der Waals surface area contributed by atoms with E-state index in [-0.39, 0.29) is 29.6 Å². The molecule has 3 fully saturated rings. The van der Waals surface area contributed by atoms with Crippen LogP contribution in [0.4, 0.5) is 5.69 Å². The molecule has 36 heavy (non-hydrogen) atoms. The third-order valence-corrected chi connectivity index (χ3v) is 9.88. The number of halogens is 1. The van der Waals surface area contributed by atoms with Crippen molar-refractivity contribution in [1.82, 2.24) is 10.2 Å². The second-order valence-corrected chi connectivity index (χ2v) is 11.7. The number of para-hydroxylation sites is 1. The van der Waals surface area contributed by atoms with Gasteiger partial charge in [-0.25, -0.2) is 0 Å². The number of thioether (sulfide) groups is 1. The maximum atomic E-state index is 13.9. The summed E-state index contributed by atoms with van der Waals surface area (Å²) in [5, 5.41) is 15.7. The lowest BCUT2D eigenvalue weighted by atomic mass is 9.70. The van der Waals surface area contributed by atoms with Crippen molar-refractivity contribution in [2.24, 2.45) is 11.8 Å². The monoisotopic (exact) mass is 527 g/mol. The van der Waals surface area contributed by atoms with E-state index < -0.39 is 22.6 Å². The number of nitrogens with one attached hydrogen (secondary N) is 2. The number of carbonyl (C=O) groups is 3. The minimum absolute atomic E-state index is 0.00456. The molecule has 3 saturated heterocycles. The molecule has 7 nitrogen and oxygen atoms in total. The molecule has 0 saturated carbocycles. The molecule has 1 spiro atoms. The molecule has 3 aliphatic rings. The number of unbranched alkanes of at least 4 members (excludes halogenated alkanes) is 1. The number of hydrogen-bond donors (Lipinski definition) is 3. The van der Waals surface area contributed by atoms with Gasteiger partial charge in [0.1, 0.15) is 6.04 Å². The zero-order valence-electron chi connectivity index (χ0n) is 19.9. The second-order valence-electron chi connectivity index (χ2n) is 9.69. The molecule has 3 aliphatic heterocycles. The predicted octanol–water partition coefficient (Wildman–Crippen LogP) is 3.46. The fourth-order valence-electron chi connectivity index (χ4n) is 6.05. The summed E-state index contributed by atoms with van der Waals surface area (Å²) in [5.41, 5.74) is 1.50. The maximum absolute atomic E-state index is 13.9. The first-order chi connectivity index (χ1) is 17.5. The number of fused-ring (bicyclic) bond motifs is 1. The van der Waals surface area contributed by atoms with Gasteiger partial charge in [-0.1, -0.05) is 54.1 Å². The van der Waals surface area contributed by atoms with Crippen LogP contribution in [0.15, 0.2) is 54.6 Å². The van der Waals surface area contributed by atoms with Crippen molar-refractivity contribution in [3.63, 3.8) is 0 Å². The second kappa shape index (κ2) is 10.4. The molecular formula is C27H30ClN3O4S. The zero-order valence-corrected chi connectivity index (χ0v) is 21.4. The van der Waals surface area contributed by atoms with Gasteiger partial charge in [-0.2, -0.15) is 0 Å². The summed E-state index contributed by atoms with van der Waals surface area (Å²) >= 11 is 7.94. The fraction of sp³-hybridized carbons (Fsp3) is 0.444. The maximum Gasteiger partial charge on any atom is 0.248 e. The molecule has 3 heterocycles. The average molecular weight is 528 g/mol. The van der Waals surface area contributed by atoms with Gasteiger partial charge in [0.25, 0.3) is 0 Å². The molecule has 0 radical (unpaired) electrons. The third kappa shape index (κ3) is 4.40. The van der Waals surface area contributed by atoms with E-state index in [1.165, 1.54) is 0 Å². The topological polar surface area (TPSA) is 98.7 Å².